The van der Waals surface area contributed by atoms with Crippen LogP contribution in [0.1, 0.15) is 10.4 Å². The number of sulfonamides is 1. The van der Waals surface area contributed by atoms with Crippen LogP contribution in [0.5, 0.6) is 5.75 Å². The second-order valence-electron chi connectivity index (χ2n) is 9.64. The molecule has 2 aromatic heterocycles. The minimum Gasteiger partial charge on any atom is -0.495 e. The fraction of sp³-hybridized carbons (Fsp3) is 0.321. The van der Waals surface area contributed by atoms with E-state index in [1.165, 1.54) is 31.4 Å². The third-order valence-corrected chi connectivity index (χ3v) is 10.3. The Morgan fingerprint density at radius 1 is 1.05 bits per heavy atom. The number of amides is 1. The minimum atomic E-state index is -3.98. The number of piperazine rings is 1. The molecule has 2 aromatic carbocycles. The van der Waals surface area contributed by atoms with Gasteiger partial charge in [-0.15, -0.1) is 11.3 Å². The van der Waals surface area contributed by atoms with Gasteiger partial charge in [0.2, 0.25) is 15.9 Å². The molecule has 210 valence electrons. The molecule has 10 nitrogen and oxygen atoms in total. The summed E-state index contributed by atoms with van der Waals surface area (Å²) >= 11 is 1.17. The molecule has 1 fully saturated rings. The molecule has 1 aliphatic rings. The Morgan fingerprint density at radius 2 is 1.73 bits per heavy atom. The smallest absolute Gasteiger partial charge is 0.263 e. The summed E-state index contributed by atoms with van der Waals surface area (Å²) in [5.41, 5.74) is 1.34. The average Bonchev–Trinajstić information content (AvgIpc) is 3.32. The zero-order valence-electron chi connectivity index (χ0n) is 22.6. The SMILES string of the molecule is COc1ccccc1N1CCN(S(=O)(=O)c2c(C)sc3ncn(CC(=O)N(C)Cc4ccccc4)c(=O)c23)CC1. The molecule has 0 atom stereocenters. The molecule has 0 unspecified atom stereocenters. The Bertz CT molecular complexity index is 1690. The summed E-state index contributed by atoms with van der Waals surface area (Å²) in [6.07, 6.45) is 1.32. The molecular formula is C28H31N5O5S2. The Balaban J connectivity index is 1.38. The van der Waals surface area contributed by atoms with Crippen LogP contribution >= 0.6 is 11.3 Å². The fourth-order valence-electron chi connectivity index (χ4n) is 4.94. The summed E-state index contributed by atoms with van der Waals surface area (Å²) in [6.45, 7) is 3.31. The van der Waals surface area contributed by atoms with Crippen molar-refractivity contribution < 1.29 is 17.9 Å². The molecule has 0 aliphatic carbocycles. The van der Waals surface area contributed by atoms with Gasteiger partial charge in [-0.2, -0.15) is 4.31 Å². The van der Waals surface area contributed by atoms with E-state index in [1.54, 1.807) is 21.1 Å². The highest BCUT2D eigenvalue weighted by molar-refractivity contribution is 7.89. The monoisotopic (exact) mass is 581 g/mol. The Labute approximate surface area is 237 Å². The van der Waals surface area contributed by atoms with E-state index < -0.39 is 15.6 Å². The quantitative estimate of drug-likeness (QED) is 0.315. The van der Waals surface area contributed by atoms with Crippen molar-refractivity contribution in [3.8, 4) is 5.75 Å². The first-order valence-corrected chi connectivity index (χ1v) is 15.1. The van der Waals surface area contributed by atoms with Gasteiger partial charge in [-0.1, -0.05) is 42.5 Å². The molecule has 0 spiro atoms. The second kappa shape index (κ2) is 11.4. The Kier molecular flexibility index (Phi) is 7.92. The van der Waals surface area contributed by atoms with Gasteiger partial charge in [0.25, 0.3) is 5.56 Å². The van der Waals surface area contributed by atoms with Crippen LogP contribution in [0.25, 0.3) is 10.2 Å². The van der Waals surface area contributed by atoms with Gasteiger partial charge in [-0.25, -0.2) is 13.4 Å². The maximum atomic E-state index is 13.9. The summed E-state index contributed by atoms with van der Waals surface area (Å²) in [5.74, 6) is 0.449. The van der Waals surface area contributed by atoms with Crippen LogP contribution in [0.2, 0.25) is 0 Å². The number of hydrogen-bond acceptors (Lipinski definition) is 8. The number of fused-ring (bicyclic) bond motifs is 1. The van der Waals surface area contributed by atoms with E-state index in [9.17, 15) is 18.0 Å². The van der Waals surface area contributed by atoms with E-state index in [0.717, 1.165) is 17.0 Å². The number of ether oxygens (including phenoxy) is 1. The Morgan fingerprint density at radius 3 is 2.42 bits per heavy atom. The lowest BCUT2D eigenvalue weighted by Gasteiger charge is -2.35. The third kappa shape index (κ3) is 5.34. The molecule has 1 saturated heterocycles. The van der Waals surface area contributed by atoms with Gasteiger partial charge >= 0.3 is 0 Å². The molecular weight excluding hydrogens is 550 g/mol. The molecule has 40 heavy (non-hydrogen) atoms. The first-order valence-electron chi connectivity index (χ1n) is 12.8. The van der Waals surface area contributed by atoms with E-state index in [4.69, 9.17) is 4.74 Å². The molecule has 0 radical (unpaired) electrons. The predicted molar refractivity (Wildman–Crippen MR) is 155 cm³/mol. The first-order chi connectivity index (χ1) is 19.2. The van der Waals surface area contributed by atoms with Crippen molar-refractivity contribution in [2.45, 2.75) is 24.9 Å². The van der Waals surface area contributed by atoms with Gasteiger partial charge in [0.1, 0.15) is 22.0 Å². The summed E-state index contributed by atoms with van der Waals surface area (Å²) < 4.78 is 35.8. The number of likely N-dealkylation sites (N-methyl/N-ethyl adjacent to an activating group) is 1. The largest absolute Gasteiger partial charge is 0.495 e. The van der Waals surface area contributed by atoms with E-state index in [2.05, 4.69) is 9.88 Å². The zero-order valence-corrected chi connectivity index (χ0v) is 24.2. The van der Waals surface area contributed by atoms with Gasteiger partial charge in [0.15, 0.2) is 0 Å². The molecule has 1 amide bonds. The number of thiophene rings is 1. The van der Waals surface area contributed by atoms with E-state index in [-0.39, 0.29) is 35.8 Å². The van der Waals surface area contributed by atoms with Crippen LogP contribution in [0.3, 0.4) is 0 Å². The highest BCUT2D eigenvalue weighted by Gasteiger charge is 2.34. The highest BCUT2D eigenvalue weighted by atomic mass is 32.2. The average molecular weight is 582 g/mol. The molecule has 12 heteroatoms. The Hall–Kier alpha value is -3.74. The predicted octanol–water partition coefficient (Wildman–Crippen LogP) is 2.94. The number of anilines is 1. The first kappa shape index (κ1) is 27.8. The van der Waals surface area contributed by atoms with Crippen LogP contribution in [-0.4, -0.2) is 73.4 Å². The zero-order chi connectivity index (χ0) is 28.4. The van der Waals surface area contributed by atoms with E-state index >= 15 is 0 Å². The van der Waals surface area contributed by atoms with Crippen molar-refractivity contribution >= 4 is 43.2 Å². The van der Waals surface area contributed by atoms with Crippen molar-refractivity contribution in [2.75, 3.05) is 45.2 Å². The number of rotatable bonds is 8. The number of carbonyl (C=O) groups excluding carboxylic acids is 1. The number of para-hydroxylation sites is 2. The van der Waals surface area contributed by atoms with E-state index in [1.807, 2.05) is 54.6 Å². The van der Waals surface area contributed by atoms with Crippen LogP contribution in [0.4, 0.5) is 5.69 Å². The lowest BCUT2D eigenvalue weighted by atomic mass is 10.2. The normalized spacial score (nSPS) is 14.4. The maximum Gasteiger partial charge on any atom is 0.263 e. The molecule has 1 aliphatic heterocycles. The molecule has 0 bridgehead atoms. The number of aromatic nitrogens is 2. The van der Waals surface area contributed by atoms with Gasteiger partial charge in [0.05, 0.1) is 24.5 Å². The summed E-state index contributed by atoms with van der Waals surface area (Å²) in [6, 6.07) is 17.2. The fourth-order valence-corrected chi connectivity index (χ4v) is 8.03. The summed E-state index contributed by atoms with van der Waals surface area (Å²) in [4.78, 5) is 35.3. The van der Waals surface area contributed by atoms with E-state index in [0.29, 0.717) is 29.3 Å². The van der Waals surface area contributed by atoms with Crippen LogP contribution < -0.4 is 15.2 Å². The summed E-state index contributed by atoms with van der Waals surface area (Å²) in [7, 11) is -0.706. The van der Waals surface area contributed by atoms with Crippen molar-refractivity contribution in [3.63, 3.8) is 0 Å². The molecule has 0 N–H and O–H groups in total. The topological polar surface area (TPSA) is 105 Å². The highest BCUT2D eigenvalue weighted by Crippen LogP contribution is 2.34. The molecule has 5 rings (SSSR count). The van der Waals surface area contributed by atoms with Crippen LogP contribution in [-0.2, 0) is 27.9 Å². The lowest BCUT2D eigenvalue weighted by Crippen LogP contribution is -2.49. The van der Waals surface area contributed by atoms with Crippen molar-refractivity contribution in [1.29, 1.82) is 0 Å². The van der Waals surface area contributed by atoms with Gasteiger partial charge in [0, 0.05) is 44.6 Å². The third-order valence-electron chi connectivity index (χ3n) is 7.06. The van der Waals surface area contributed by atoms with Crippen molar-refractivity contribution in [2.24, 2.45) is 0 Å². The van der Waals surface area contributed by atoms with Gasteiger partial charge < -0.3 is 14.5 Å². The second-order valence-corrected chi connectivity index (χ2v) is 12.7. The maximum absolute atomic E-state index is 13.9. The standard InChI is InChI=1S/C28H31N5O5S2/c1-20-26(40(36,37)33-15-13-31(14-16-33)22-11-7-8-12-23(22)38-3)25-27(39-20)29-19-32(28(25)35)18-24(34)30(2)17-21-9-5-4-6-10-21/h4-12,19H,13-18H2,1-3H3. The van der Waals surface area contributed by atoms with Crippen molar-refractivity contribution in [3.05, 3.63) is 81.7 Å². The van der Waals surface area contributed by atoms with Gasteiger partial charge in [-0.05, 0) is 24.6 Å². The molecule has 4 aromatic rings. The number of methoxy groups -OCH3 is 1. The lowest BCUT2D eigenvalue weighted by molar-refractivity contribution is -0.131. The summed E-state index contributed by atoms with van der Waals surface area (Å²) in [5, 5.41) is 0.0377. The van der Waals surface area contributed by atoms with Crippen LogP contribution in [0.15, 0.2) is 70.6 Å². The van der Waals surface area contributed by atoms with Crippen molar-refractivity contribution in [1.82, 2.24) is 18.8 Å². The number of hydrogen-bond donors (Lipinski definition) is 0. The molecule has 3 heterocycles. The number of carbonyl (C=O) groups is 1. The number of aryl methyl sites for hydroxylation is 1. The minimum absolute atomic E-state index is 0.0184. The number of benzene rings is 2. The van der Waals surface area contributed by atoms with Crippen LogP contribution in [0, 0.1) is 6.92 Å². The van der Waals surface area contributed by atoms with Gasteiger partial charge in [-0.3, -0.25) is 14.2 Å². The number of nitrogens with zero attached hydrogens (tertiary/aromatic N) is 5. The molecule has 0 saturated carbocycles.